The number of hydrogen-bond donors (Lipinski definition) is 2. The first kappa shape index (κ1) is 18.9. The third-order valence-corrected chi connectivity index (χ3v) is 3.42. The lowest BCUT2D eigenvalue weighted by Gasteiger charge is -2.22. The van der Waals surface area contributed by atoms with Crippen molar-refractivity contribution in [3.05, 3.63) is 29.8 Å². The van der Waals surface area contributed by atoms with Crippen molar-refractivity contribution in [3.63, 3.8) is 0 Å². The smallest absolute Gasteiger partial charge is 0.353 e. The van der Waals surface area contributed by atoms with Gasteiger partial charge in [0.05, 0.1) is 17.6 Å². The fourth-order valence-electron chi connectivity index (χ4n) is 1.84. The van der Waals surface area contributed by atoms with E-state index in [-0.39, 0.29) is 25.3 Å². The lowest BCUT2D eigenvalue weighted by molar-refractivity contribution is -0.149. The van der Waals surface area contributed by atoms with Gasteiger partial charge in [0.15, 0.2) is 0 Å². The second-order valence-corrected chi connectivity index (χ2v) is 5.70. The van der Waals surface area contributed by atoms with Crippen LogP contribution in [0.4, 0.5) is 8.78 Å². The molecule has 0 spiro atoms. The molecule has 0 aromatic heterocycles. The Morgan fingerprint density at radius 2 is 1.87 bits per heavy atom. The predicted molar refractivity (Wildman–Crippen MR) is 80.5 cm³/mol. The summed E-state index contributed by atoms with van der Waals surface area (Å²) >= 11 is 0. The zero-order valence-corrected chi connectivity index (χ0v) is 13.4. The molecule has 2 N–H and O–H groups in total. The van der Waals surface area contributed by atoms with Crippen LogP contribution in [0.5, 0.6) is 5.75 Å². The van der Waals surface area contributed by atoms with Gasteiger partial charge in [-0.2, -0.15) is 8.78 Å². The molecule has 1 aromatic rings. The second-order valence-electron chi connectivity index (χ2n) is 5.70. The van der Waals surface area contributed by atoms with Gasteiger partial charge in [0.25, 0.3) is 5.91 Å². The Balaban J connectivity index is 2.80. The van der Waals surface area contributed by atoms with E-state index in [4.69, 9.17) is 9.84 Å². The summed E-state index contributed by atoms with van der Waals surface area (Å²) in [6.45, 7) is 4.61. The van der Waals surface area contributed by atoms with Crippen LogP contribution in [0.25, 0.3) is 0 Å². The van der Waals surface area contributed by atoms with Crippen LogP contribution >= 0.6 is 0 Å². The lowest BCUT2D eigenvalue weighted by Crippen LogP contribution is -2.40. The molecule has 1 aromatic carbocycles. The monoisotopic (exact) mass is 329 g/mol. The zero-order chi connectivity index (χ0) is 17.7. The zero-order valence-electron chi connectivity index (χ0n) is 13.4. The Morgan fingerprint density at radius 1 is 1.26 bits per heavy atom. The van der Waals surface area contributed by atoms with E-state index in [2.05, 4.69) is 5.32 Å². The van der Waals surface area contributed by atoms with Crippen molar-refractivity contribution in [2.24, 2.45) is 5.41 Å². The van der Waals surface area contributed by atoms with Gasteiger partial charge < -0.3 is 15.2 Å². The quantitative estimate of drug-likeness (QED) is 0.769. The average Bonchev–Trinajstić information content (AvgIpc) is 2.47. The first-order chi connectivity index (χ1) is 10.6. The van der Waals surface area contributed by atoms with Gasteiger partial charge in [-0.25, -0.2) is 0 Å². The third kappa shape index (κ3) is 4.64. The molecule has 0 bridgehead atoms. The fourth-order valence-corrected chi connectivity index (χ4v) is 1.84. The van der Waals surface area contributed by atoms with Gasteiger partial charge in [-0.1, -0.05) is 12.1 Å². The topological polar surface area (TPSA) is 75.6 Å². The molecule has 23 heavy (non-hydrogen) atoms. The van der Waals surface area contributed by atoms with Gasteiger partial charge in [-0.15, -0.1) is 0 Å². The normalized spacial score (nSPS) is 11.9. The summed E-state index contributed by atoms with van der Waals surface area (Å²) in [5, 5.41) is 11.1. The van der Waals surface area contributed by atoms with Gasteiger partial charge in [0.1, 0.15) is 5.75 Å². The molecule has 128 valence electrons. The van der Waals surface area contributed by atoms with Crippen LogP contribution in [0.2, 0.25) is 0 Å². The minimum Gasteiger partial charge on any atom is -0.493 e. The molecule has 1 amide bonds. The van der Waals surface area contributed by atoms with Crippen LogP contribution in [0, 0.1) is 5.41 Å². The molecule has 7 heteroatoms. The fraction of sp³-hybridized carbons (Fsp3) is 0.500. The SMILES string of the molecule is CCOc1ccccc1C(F)(F)C(=O)NCCC(C)(C)C(=O)O. The van der Waals surface area contributed by atoms with E-state index in [1.165, 1.54) is 32.0 Å². The highest BCUT2D eigenvalue weighted by atomic mass is 19.3. The minimum absolute atomic E-state index is 0.0389. The maximum atomic E-state index is 14.3. The number of alkyl halides is 2. The highest BCUT2D eigenvalue weighted by Gasteiger charge is 2.43. The predicted octanol–water partition coefficient (Wildman–Crippen LogP) is 2.79. The van der Waals surface area contributed by atoms with Gasteiger partial charge in [0, 0.05) is 6.54 Å². The van der Waals surface area contributed by atoms with Crippen LogP contribution in [0.1, 0.15) is 32.8 Å². The minimum atomic E-state index is -3.76. The van der Waals surface area contributed by atoms with Crippen molar-refractivity contribution in [1.29, 1.82) is 0 Å². The van der Waals surface area contributed by atoms with Gasteiger partial charge in [-0.3, -0.25) is 9.59 Å². The van der Waals surface area contributed by atoms with Crippen molar-refractivity contribution < 1.29 is 28.2 Å². The van der Waals surface area contributed by atoms with Crippen LogP contribution in [0.3, 0.4) is 0 Å². The molecule has 0 aliphatic carbocycles. The average molecular weight is 329 g/mol. The number of rotatable bonds is 8. The molecule has 0 heterocycles. The summed E-state index contributed by atoms with van der Waals surface area (Å²) in [5.41, 5.74) is -1.62. The Morgan fingerprint density at radius 3 is 2.43 bits per heavy atom. The Bertz CT molecular complexity index is 573. The summed E-state index contributed by atoms with van der Waals surface area (Å²) in [7, 11) is 0. The maximum Gasteiger partial charge on any atom is 0.353 e. The number of ether oxygens (including phenoxy) is 1. The molecule has 0 unspecified atom stereocenters. The molecule has 0 aliphatic heterocycles. The molecule has 0 radical (unpaired) electrons. The number of para-hydroxylation sites is 1. The number of carboxylic acid groups (broad SMARTS) is 1. The molecular weight excluding hydrogens is 308 g/mol. The van der Waals surface area contributed by atoms with Gasteiger partial charge in [-0.05, 0) is 39.3 Å². The number of aliphatic carboxylic acids is 1. The van der Waals surface area contributed by atoms with E-state index < -0.39 is 28.8 Å². The number of amides is 1. The first-order valence-electron chi connectivity index (χ1n) is 7.24. The third-order valence-electron chi connectivity index (χ3n) is 3.42. The summed E-state index contributed by atoms with van der Waals surface area (Å²) in [5.74, 6) is -6.36. The van der Waals surface area contributed by atoms with Crippen LogP contribution in [-0.4, -0.2) is 30.1 Å². The molecule has 0 fully saturated rings. The highest BCUT2D eigenvalue weighted by molar-refractivity contribution is 5.85. The van der Waals surface area contributed by atoms with Crippen molar-refractivity contribution in [2.75, 3.05) is 13.2 Å². The van der Waals surface area contributed by atoms with Gasteiger partial charge in [0.2, 0.25) is 0 Å². The van der Waals surface area contributed by atoms with Crippen LogP contribution in [0.15, 0.2) is 24.3 Å². The molecule has 0 atom stereocenters. The van der Waals surface area contributed by atoms with Crippen LogP contribution in [-0.2, 0) is 15.5 Å². The summed E-state index contributed by atoms with van der Waals surface area (Å²) in [4.78, 5) is 22.8. The van der Waals surface area contributed by atoms with E-state index in [9.17, 15) is 18.4 Å². The van der Waals surface area contributed by atoms with E-state index in [1.54, 1.807) is 6.92 Å². The number of benzene rings is 1. The molecule has 0 saturated carbocycles. The molecule has 5 nitrogen and oxygen atoms in total. The number of carbonyl (C=O) groups excluding carboxylic acids is 1. The maximum absolute atomic E-state index is 14.3. The van der Waals surface area contributed by atoms with Gasteiger partial charge >= 0.3 is 11.9 Å². The van der Waals surface area contributed by atoms with E-state index in [1.807, 2.05) is 0 Å². The van der Waals surface area contributed by atoms with Crippen molar-refractivity contribution in [3.8, 4) is 5.75 Å². The largest absolute Gasteiger partial charge is 0.493 e. The molecular formula is C16H21F2NO4. The number of nitrogens with one attached hydrogen (secondary N) is 1. The number of carboxylic acids is 1. The Kier molecular flexibility index (Phi) is 6.06. The summed E-state index contributed by atoms with van der Waals surface area (Å²) in [6.07, 6.45) is 0.0389. The number of halogens is 2. The van der Waals surface area contributed by atoms with Crippen molar-refractivity contribution in [1.82, 2.24) is 5.32 Å². The van der Waals surface area contributed by atoms with Crippen molar-refractivity contribution in [2.45, 2.75) is 33.1 Å². The van der Waals surface area contributed by atoms with Crippen LogP contribution < -0.4 is 10.1 Å². The van der Waals surface area contributed by atoms with Crippen molar-refractivity contribution >= 4 is 11.9 Å². The molecule has 0 aliphatic rings. The number of carbonyl (C=O) groups is 2. The second kappa shape index (κ2) is 7.39. The highest BCUT2D eigenvalue weighted by Crippen LogP contribution is 2.35. The van der Waals surface area contributed by atoms with E-state index >= 15 is 0 Å². The summed E-state index contributed by atoms with van der Waals surface area (Å²) in [6, 6.07) is 5.43. The van der Waals surface area contributed by atoms with E-state index in [0.29, 0.717) is 0 Å². The van der Waals surface area contributed by atoms with E-state index in [0.717, 1.165) is 6.07 Å². The first-order valence-corrected chi connectivity index (χ1v) is 7.24. The molecule has 0 saturated heterocycles. The lowest BCUT2D eigenvalue weighted by atomic mass is 9.89. The Labute approximate surface area is 133 Å². The standard InChI is InChI=1S/C16H21F2NO4/c1-4-23-12-8-6-5-7-11(12)16(17,18)13(20)19-10-9-15(2,3)14(21)22/h5-8H,4,9-10H2,1-3H3,(H,19,20)(H,21,22). The molecule has 1 rings (SSSR count). The number of hydrogen-bond acceptors (Lipinski definition) is 3. The Hall–Kier alpha value is -2.18. The summed E-state index contributed by atoms with van der Waals surface area (Å²) < 4.78 is 33.7.